The molecule has 1 unspecified atom stereocenters. The van der Waals surface area contributed by atoms with E-state index in [2.05, 4.69) is 25.3 Å². The Morgan fingerprint density at radius 2 is 2.00 bits per heavy atom. The van der Waals surface area contributed by atoms with Crippen LogP contribution in [0.25, 0.3) is 0 Å². The third-order valence-electron chi connectivity index (χ3n) is 5.11. The molecule has 2 rings (SSSR count). The Morgan fingerprint density at radius 3 is 2.50 bits per heavy atom. The number of hydrogen-bond acceptors (Lipinski definition) is 1. The van der Waals surface area contributed by atoms with E-state index in [0.717, 1.165) is 17.8 Å². The molecule has 3 heteroatoms. The van der Waals surface area contributed by atoms with Crippen LogP contribution in [0.2, 0.25) is 0 Å². The highest BCUT2D eigenvalue weighted by Crippen LogP contribution is 2.43. The number of rotatable bonds is 5. The van der Waals surface area contributed by atoms with Crippen LogP contribution in [0.3, 0.4) is 0 Å². The van der Waals surface area contributed by atoms with Gasteiger partial charge in [0, 0.05) is 23.5 Å². The van der Waals surface area contributed by atoms with Crippen LogP contribution in [0.4, 0.5) is 0 Å². The van der Waals surface area contributed by atoms with Gasteiger partial charge in [-0.3, -0.25) is 4.79 Å². The highest BCUT2D eigenvalue weighted by molar-refractivity contribution is 6.33. The van der Waals surface area contributed by atoms with E-state index in [-0.39, 0.29) is 5.78 Å². The number of Topliss-reactive ketones (excluding diaryl/α,β-unsaturated/α-hetero) is 1. The minimum absolute atomic E-state index is 0.0444. The molecule has 1 fully saturated rings. The third-order valence-corrected chi connectivity index (χ3v) is 5.31. The SMILES string of the molecule is CCC1(Cn2c(C)cc(C(=O)C(C)Cl)c2C)CCCC1. The fraction of sp³-hybridized carbons (Fsp3) is 0.706. The van der Waals surface area contributed by atoms with Crippen molar-refractivity contribution >= 4 is 17.4 Å². The number of halogens is 1. The lowest BCUT2D eigenvalue weighted by molar-refractivity contribution is 0.0990. The van der Waals surface area contributed by atoms with E-state index in [9.17, 15) is 4.79 Å². The number of nitrogens with zero attached hydrogens (tertiary/aromatic N) is 1. The van der Waals surface area contributed by atoms with Crippen molar-refractivity contribution in [3.8, 4) is 0 Å². The summed E-state index contributed by atoms with van der Waals surface area (Å²) in [7, 11) is 0. The Kier molecular flexibility index (Phi) is 4.63. The van der Waals surface area contributed by atoms with E-state index in [1.54, 1.807) is 6.92 Å². The van der Waals surface area contributed by atoms with Crippen molar-refractivity contribution in [3.05, 3.63) is 23.0 Å². The number of carbonyl (C=O) groups is 1. The molecule has 1 saturated carbocycles. The predicted octanol–water partition coefficient (Wildman–Crippen LogP) is 4.89. The summed E-state index contributed by atoms with van der Waals surface area (Å²) >= 11 is 5.96. The van der Waals surface area contributed by atoms with E-state index in [1.165, 1.54) is 37.8 Å². The van der Waals surface area contributed by atoms with Crippen molar-refractivity contribution < 1.29 is 4.79 Å². The topological polar surface area (TPSA) is 22.0 Å². The third kappa shape index (κ3) is 2.81. The van der Waals surface area contributed by atoms with Gasteiger partial charge in [0.1, 0.15) is 0 Å². The van der Waals surface area contributed by atoms with Crippen LogP contribution in [0, 0.1) is 19.3 Å². The normalized spacial score (nSPS) is 19.2. The van der Waals surface area contributed by atoms with Gasteiger partial charge in [-0.2, -0.15) is 0 Å². The summed E-state index contributed by atoms with van der Waals surface area (Å²) in [5.41, 5.74) is 3.50. The molecule has 0 bridgehead atoms. The summed E-state index contributed by atoms with van der Waals surface area (Å²) in [5.74, 6) is 0.0444. The van der Waals surface area contributed by atoms with Gasteiger partial charge in [-0.05, 0) is 51.5 Å². The van der Waals surface area contributed by atoms with Crippen molar-refractivity contribution in [1.29, 1.82) is 0 Å². The quantitative estimate of drug-likeness (QED) is 0.560. The van der Waals surface area contributed by atoms with Crippen LogP contribution in [0.1, 0.15) is 67.7 Å². The lowest BCUT2D eigenvalue weighted by atomic mass is 9.83. The first-order valence-corrected chi connectivity index (χ1v) is 8.19. The Labute approximate surface area is 127 Å². The van der Waals surface area contributed by atoms with Crippen LogP contribution >= 0.6 is 11.6 Å². The van der Waals surface area contributed by atoms with E-state index in [0.29, 0.717) is 5.41 Å². The van der Waals surface area contributed by atoms with Crippen LogP contribution in [0.15, 0.2) is 6.07 Å². The lowest BCUT2D eigenvalue weighted by Crippen LogP contribution is -2.24. The van der Waals surface area contributed by atoms with Gasteiger partial charge < -0.3 is 4.57 Å². The van der Waals surface area contributed by atoms with Gasteiger partial charge in [-0.1, -0.05) is 19.8 Å². The molecule has 2 nitrogen and oxygen atoms in total. The molecule has 20 heavy (non-hydrogen) atoms. The second-order valence-electron chi connectivity index (χ2n) is 6.41. The standard InChI is InChI=1S/C17H26ClNO/c1-5-17(8-6-7-9-17)11-19-12(2)10-15(14(19)4)16(20)13(3)18/h10,13H,5-9,11H2,1-4H3. The van der Waals surface area contributed by atoms with Gasteiger partial charge >= 0.3 is 0 Å². The molecular weight excluding hydrogens is 270 g/mol. The maximum Gasteiger partial charge on any atom is 0.182 e. The summed E-state index contributed by atoms with van der Waals surface area (Å²) in [4.78, 5) is 12.2. The molecule has 112 valence electrons. The summed E-state index contributed by atoms with van der Waals surface area (Å²) in [6, 6.07) is 2.01. The second-order valence-corrected chi connectivity index (χ2v) is 7.07. The zero-order valence-electron chi connectivity index (χ0n) is 13.1. The highest BCUT2D eigenvalue weighted by atomic mass is 35.5. The minimum Gasteiger partial charge on any atom is -0.348 e. The molecule has 1 atom stereocenters. The van der Waals surface area contributed by atoms with Crippen LogP contribution < -0.4 is 0 Å². The molecule has 1 aromatic rings. The Morgan fingerprint density at radius 1 is 1.40 bits per heavy atom. The Hall–Kier alpha value is -0.760. The summed E-state index contributed by atoms with van der Waals surface area (Å²) < 4.78 is 2.33. The molecule has 1 aromatic heterocycles. The highest BCUT2D eigenvalue weighted by Gasteiger charge is 2.33. The number of aryl methyl sites for hydroxylation is 1. The average Bonchev–Trinajstić information content (AvgIpc) is 2.99. The fourth-order valence-corrected chi connectivity index (χ4v) is 3.71. The molecule has 0 spiro atoms. The van der Waals surface area contributed by atoms with Gasteiger partial charge in [0.15, 0.2) is 5.78 Å². The molecule has 0 N–H and O–H groups in total. The van der Waals surface area contributed by atoms with Crippen molar-refractivity contribution in [3.63, 3.8) is 0 Å². The van der Waals surface area contributed by atoms with Crippen LogP contribution in [0.5, 0.6) is 0 Å². The van der Waals surface area contributed by atoms with Crippen molar-refractivity contribution in [2.75, 3.05) is 0 Å². The van der Waals surface area contributed by atoms with E-state index < -0.39 is 5.38 Å². The maximum atomic E-state index is 12.2. The van der Waals surface area contributed by atoms with Crippen LogP contribution in [-0.4, -0.2) is 15.7 Å². The number of hydrogen-bond donors (Lipinski definition) is 0. The van der Waals surface area contributed by atoms with Gasteiger partial charge in [-0.15, -0.1) is 11.6 Å². The number of ketones is 1. The molecule has 0 aliphatic heterocycles. The van der Waals surface area contributed by atoms with Gasteiger partial charge in [0.05, 0.1) is 5.38 Å². The first-order chi connectivity index (χ1) is 9.40. The van der Waals surface area contributed by atoms with E-state index in [1.807, 2.05) is 6.07 Å². The molecule has 1 aliphatic rings. The molecule has 1 aliphatic carbocycles. The summed E-state index contributed by atoms with van der Waals surface area (Å²) in [6.07, 6.45) is 6.54. The molecule has 0 radical (unpaired) electrons. The van der Waals surface area contributed by atoms with Gasteiger partial charge in [0.25, 0.3) is 0 Å². The molecule has 0 amide bonds. The van der Waals surface area contributed by atoms with Crippen molar-refractivity contribution in [1.82, 2.24) is 4.57 Å². The summed E-state index contributed by atoms with van der Waals surface area (Å²) in [5, 5.41) is -0.449. The maximum absolute atomic E-state index is 12.2. The zero-order chi connectivity index (χ0) is 14.9. The molecular formula is C17H26ClNO. The minimum atomic E-state index is -0.449. The molecule has 0 saturated heterocycles. The fourth-order valence-electron chi connectivity index (χ4n) is 3.59. The van der Waals surface area contributed by atoms with E-state index >= 15 is 0 Å². The van der Waals surface area contributed by atoms with Crippen LogP contribution in [-0.2, 0) is 6.54 Å². The van der Waals surface area contributed by atoms with Crippen molar-refractivity contribution in [2.45, 2.75) is 71.7 Å². The number of aromatic nitrogens is 1. The first kappa shape index (κ1) is 15.6. The largest absolute Gasteiger partial charge is 0.348 e. The number of carbonyl (C=O) groups excluding carboxylic acids is 1. The zero-order valence-corrected chi connectivity index (χ0v) is 13.9. The van der Waals surface area contributed by atoms with E-state index in [4.69, 9.17) is 11.6 Å². The van der Waals surface area contributed by atoms with Crippen molar-refractivity contribution in [2.24, 2.45) is 5.41 Å². The smallest absolute Gasteiger partial charge is 0.182 e. The van der Waals surface area contributed by atoms with Gasteiger partial charge in [0.2, 0.25) is 0 Å². The summed E-state index contributed by atoms with van der Waals surface area (Å²) in [6.45, 7) is 9.25. The number of alkyl halides is 1. The molecule has 1 heterocycles. The Balaban J connectivity index is 2.31. The molecule has 0 aromatic carbocycles. The monoisotopic (exact) mass is 295 g/mol. The Bertz CT molecular complexity index is 495. The average molecular weight is 296 g/mol. The van der Waals surface area contributed by atoms with Gasteiger partial charge in [-0.25, -0.2) is 0 Å². The lowest BCUT2D eigenvalue weighted by Gasteiger charge is -2.29. The first-order valence-electron chi connectivity index (χ1n) is 7.75. The second kappa shape index (κ2) is 5.93. The predicted molar refractivity (Wildman–Crippen MR) is 84.7 cm³/mol.